The van der Waals surface area contributed by atoms with Crippen molar-refractivity contribution in [3.8, 4) is 0 Å². The van der Waals surface area contributed by atoms with Crippen molar-refractivity contribution in [1.29, 1.82) is 0 Å². The third kappa shape index (κ3) is 5.58. The second kappa shape index (κ2) is 7.72. The normalized spacial score (nSPS) is 12.0. The molecule has 3 N–H and O–H groups in total. The molecule has 0 bridgehead atoms. The van der Waals surface area contributed by atoms with E-state index in [-0.39, 0.29) is 6.61 Å². The predicted molar refractivity (Wildman–Crippen MR) is 78.0 cm³/mol. The molecule has 1 heterocycles. The lowest BCUT2D eigenvalue weighted by Gasteiger charge is -2.06. The molecule has 0 saturated heterocycles. The van der Waals surface area contributed by atoms with Crippen LogP contribution in [0.1, 0.15) is 23.4 Å². The van der Waals surface area contributed by atoms with E-state index < -0.39 is 10.0 Å². The smallest absolute Gasteiger partial charge is 0.208 e. The molecule has 8 heteroatoms. The van der Waals surface area contributed by atoms with Crippen LogP contribution in [0.15, 0.2) is 0 Å². The van der Waals surface area contributed by atoms with Gasteiger partial charge >= 0.3 is 0 Å². The maximum absolute atomic E-state index is 10.9. The summed E-state index contributed by atoms with van der Waals surface area (Å²) in [5, 5.41) is 16.6. The zero-order valence-electron chi connectivity index (χ0n) is 12.3. The third-order valence-corrected chi connectivity index (χ3v) is 3.77. The van der Waals surface area contributed by atoms with Crippen LogP contribution in [0.25, 0.3) is 0 Å². The molecular weight excluding hydrogens is 280 g/mol. The van der Waals surface area contributed by atoms with E-state index in [4.69, 9.17) is 5.11 Å². The Bertz CT molecular complexity index is 525. The second-order valence-electron chi connectivity index (χ2n) is 4.79. The summed E-state index contributed by atoms with van der Waals surface area (Å²) in [7, 11) is -3.09. The van der Waals surface area contributed by atoms with Gasteiger partial charge in [-0.25, -0.2) is 13.1 Å². The number of aryl methyl sites for hydroxylation is 1. The highest BCUT2D eigenvalue weighted by Crippen LogP contribution is 2.12. The largest absolute Gasteiger partial charge is 0.394 e. The molecule has 0 radical (unpaired) electrons. The molecule has 0 fully saturated rings. The van der Waals surface area contributed by atoms with Crippen molar-refractivity contribution in [2.45, 2.75) is 33.4 Å². The fraction of sp³-hybridized carbons (Fsp3) is 0.750. The average molecular weight is 304 g/mol. The predicted octanol–water partition coefficient (Wildman–Crippen LogP) is -0.479. The lowest BCUT2D eigenvalue weighted by atomic mass is 10.2. The molecule has 0 aliphatic heterocycles. The van der Waals surface area contributed by atoms with E-state index in [0.717, 1.165) is 36.2 Å². The first-order valence-corrected chi connectivity index (χ1v) is 8.53. The van der Waals surface area contributed by atoms with Gasteiger partial charge in [-0.15, -0.1) is 0 Å². The summed E-state index contributed by atoms with van der Waals surface area (Å²) in [6.07, 6.45) is 1.89. The molecule has 7 nitrogen and oxygen atoms in total. The van der Waals surface area contributed by atoms with Crippen LogP contribution >= 0.6 is 0 Å². The maximum Gasteiger partial charge on any atom is 0.208 e. The molecule has 0 aliphatic carbocycles. The van der Waals surface area contributed by atoms with Crippen molar-refractivity contribution >= 4 is 10.0 Å². The molecule has 0 amide bonds. The standard InChI is InChI=1S/C12H24N4O3S/c1-10-12(11(2)16(15-10)7-8-17)9-13-5-4-6-14-20(3,18)19/h13-14,17H,4-9H2,1-3H3. The van der Waals surface area contributed by atoms with Crippen LogP contribution in [0.5, 0.6) is 0 Å². The van der Waals surface area contributed by atoms with E-state index in [0.29, 0.717) is 19.6 Å². The van der Waals surface area contributed by atoms with E-state index in [2.05, 4.69) is 15.1 Å². The average Bonchev–Trinajstić information content (AvgIpc) is 2.59. The number of nitrogens with zero attached hydrogens (tertiary/aromatic N) is 2. The topological polar surface area (TPSA) is 96.2 Å². The molecule has 116 valence electrons. The minimum atomic E-state index is -3.09. The van der Waals surface area contributed by atoms with E-state index >= 15 is 0 Å². The molecule has 20 heavy (non-hydrogen) atoms. The summed E-state index contributed by atoms with van der Waals surface area (Å²) < 4.78 is 26.0. The van der Waals surface area contributed by atoms with Crippen molar-refractivity contribution in [2.24, 2.45) is 0 Å². The van der Waals surface area contributed by atoms with E-state index in [9.17, 15) is 8.42 Å². The van der Waals surface area contributed by atoms with Gasteiger partial charge in [0, 0.05) is 24.3 Å². The first-order valence-electron chi connectivity index (χ1n) is 6.64. The number of aromatic nitrogens is 2. The molecule has 0 aromatic carbocycles. The first kappa shape index (κ1) is 17.1. The lowest BCUT2D eigenvalue weighted by molar-refractivity contribution is 0.267. The molecule has 0 spiro atoms. The van der Waals surface area contributed by atoms with Gasteiger partial charge in [0.1, 0.15) is 0 Å². The van der Waals surface area contributed by atoms with Crippen LogP contribution in [0, 0.1) is 13.8 Å². The minimum Gasteiger partial charge on any atom is -0.394 e. The Labute approximate surface area is 120 Å². The lowest BCUT2D eigenvalue weighted by Crippen LogP contribution is -2.26. The van der Waals surface area contributed by atoms with Gasteiger partial charge in [0.25, 0.3) is 0 Å². The second-order valence-corrected chi connectivity index (χ2v) is 6.63. The Morgan fingerprint density at radius 3 is 2.60 bits per heavy atom. The number of sulfonamides is 1. The molecule has 0 aliphatic rings. The Balaban J connectivity index is 2.35. The SMILES string of the molecule is Cc1nn(CCO)c(C)c1CNCCCNS(C)(=O)=O. The maximum atomic E-state index is 10.9. The molecule has 1 aromatic rings. The zero-order chi connectivity index (χ0) is 15.2. The van der Waals surface area contributed by atoms with Gasteiger partial charge in [-0.3, -0.25) is 4.68 Å². The van der Waals surface area contributed by atoms with Crippen LogP contribution in [0.4, 0.5) is 0 Å². The van der Waals surface area contributed by atoms with Crippen molar-refractivity contribution in [1.82, 2.24) is 19.8 Å². The number of aliphatic hydroxyl groups excluding tert-OH is 1. The summed E-state index contributed by atoms with van der Waals surface area (Å²) >= 11 is 0. The Kier molecular flexibility index (Phi) is 6.60. The summed E-state index contributed by atoms with van der Waals surface area (Å²) in [5.41, 5.74) is 3.14. The molecule has 0 atom stereocenters. The summed E-state index contributed by atoms with van der Waals surface area (Å²) in [6, 6.07) is 0. The van der Waals surface area contributed by atoms with Crippen LogP contribution in [0.3, 0.4) is 0 Å². The molecule has 1 aromatic heterocycles. The van der Waals surface area contributed by atoms with Gasteiger partial charge in [0.05, 0.1) is 25.1 Å². The minimum absolute atomic E-state index is 0.0754. The van der Waals surface area contributed by atoms with Crippen LogP contribution < -0.4 is 10.0 Å². The van der Waals surface area contributed by atoms with Crippen molar-refractivity contribution < 1.29 is 13.5 Å². The number of nitrogens with one attached hydrogen (secondary N) is 2. The van der Waals surface area contributed by atoms with Crippen LogP contribution in [-0.4, -0.2) is 49.3 Å². The number of aliphatic hydroxyl groups is 1. The highest BCUT2D eigenvalue weighted by atomic mass is 32.2. The molecule has 0 unspecified atom stereocenters. The third-order valence-electron chi connectivity index (χ3n) is 3.04. The van der Waals surface area contributed by atoms with E-state index in [1.165, 1.54) is 0 Å². The summed E-state index contributed by atoms with van der Waals surface area (Å²) in [5.74, 6) is 0. The van der Waals surface area contributed by atoms with Crippen molar-refractivity contribution in [3.05, 3.63) is 17.0 Å². The van der Waals surface area contributed by atoms with E-state index in [1.807, 2.05) is 13.8 Å². The van der Waals surface area contributed by atoms with Gasteiger partial charge in [0.15, 0.2) is 0 Å². The van der Waals surface area contributed by atoms with Gasteiger partial charge in [-0.1, -0.05) is 0 Å². The van der Waals surface area contributed by atoms with Crippen LogP contribution in [-0.2, 0) is 23.1 Å². The highest BCUT2D eigenvalue weighted by molar-refractivity contribution is 7.88. The van der Waals surface area contributed by atoms with Gasteiger partial charge < -0.3 is 10.4 Å². The highest BCUT2D eigenvalue weighted by Gasteiger charge is 2.10. The van der Waals surface area contributed by atoms with Gasteiger partial charge in [-0.05, 0) is 26.8 Å². The first-order chi connectivity index (χ1) is 9.35. The Hall–Kier alpha value is -0.960. The number of rotatable bonds is 9. The number of hydrogen-bond donors (Lipinski definition) is 3. The molecule has 1 rings (SSSR count). The van der Waals surface area contributed by atoms with E-state index in [1.54, 1.807) is 4.68 Å². The van der Waals surface area contributed by atoms with Gasteiger partial charge in [-0.2, -0.15) is 5.10 Å². The quantitative estimate of drug-likeness (QED) is 0.536. The Morgan fingerprint density at radius 2 is 2.00 bits per heavy atom. The molecule has 0 saturated carbocycles. The molecular formula is C12H24N4O3S. The summed E-state index contributed by atoms with van der Waals surface area (Å²) in [6.45, 7) is 6.38. The Morgan fingerprint density at radius 1 is 1.30 bits per heavy atom. The fourth-order valence-electron chi connectivity index (χ4n) is 1.99. The number of hydrogen-bond acceptors (Lipinski definition) is 5. The van der Waals surface area contributed by atoms with Gasteiger partial charge in [0.2, 0.25) is 10.0 Å². The monoisotopic (exact) mass is 304 g/mol. The van der Waals surface area contributed by atoms with Crippen LogP contribution in [0.2, 0.25) is 0 Å². The zero-order valence-corrected chi connectivity index (χ0v) is 13.1. The summed E-state index contributed by atoms with van der Waals surface area (Å²) in [4.78, 5) is 0. The van der Waals surface area contributed by atoms with Crippen molar-refractivity contribution in [2.75, 3.05) is 26.0 Å². The van der Waals surface area contributed by atoms with Crippen molar-refractivity contribution in [3.63, 3.8) is 0 Å². The fourth-order valence-corrected chi connectivity index (χ4v) is 2.50.